The van der Waals surface area contributed by atoms with Crippen LogP contribution in [0.5, 0.6) is 0 Å². The average molecular weight is 637 g/mol. The van der Waals surface area contributed by atoms with E-state index < -0.39 is 11.2 Å². The topological polar surface area (TPSA) is 116 Å². The summed E-state index contributed by atoms with van der Waals surface area (Å²) < 4.78 is 11.3. The van der Waals surface area contributed by atoms with Crippen molar-refractivity contribution < 1.29 is 19.1 Å². The van der Waals surface area contributed by atoms with Crippen LogP contribution in [0.4, 0.5) is 9.59 Å². The number of benzene rings is 2. The summed E-state index contributed by atoms with van der Waals surface area (Å²) in [6, 6.07) is 15.7. The first-order valence-electron chi connectivity index (χ1n) is 16.4. The number of fused-ring (bicyclic) bond motifs is 1. The standard InChI is InChI=1S/C37H44N6O4/c1-23-18-20-43(35(45)47-37(5,6)7)32(23)30-22-28(40-41-30)26-15-12-24(13-16-26)10-11-25-14-17-27-29(21-25)39-33(38-27)31-9-8-19-42(31)34(44)46-36(2,3)4/h12-17,21-23,31-32H,8-9,18-20H2,1-7H3,(H,38,39)(H,40,41)/t23-,31+,32+/m1/s1. The maximum atomic E-state index is 12.9. The van der Waals surface area contributed by atoms with Crippen LogP contribution in [0.15, 0.2) is 48.5 Å². The number of aromatic amines is 2. The monoisotopic (exact) mass is 636 g/mol. The van der Waals surface area contributed by atoms with Gasteiger partial charge in [0.2, 0.25) is 0 Å². The molecule has 10 heteroatoms. The third-order valence-corrected chi connectivity index (χ3v) is 8.47. The van der Waals surface area contributed by atoms with Gasteiger partial charge in [0.1, 0.15) is 17.0 Å². The fourth-order valence-corrected chi connectivity index (χ4v) is 6.30. The molecule has 4 aromatic rings. The van der Waals surface area contributed by atoms with E-state index in [9.17, 15) is 9.59 Å². The number of likely N-dealkylation sites (tertiary alicyclic amines) is 2. The lowest BCUT2D eigenvalue weighted by atomic mass is 9.99. The summed E-state index contributed by atoms with van der Waals surface area (Å²) >= 11 is 0. The Hall–Kier alpha value is -4.78. The molecule has 10 nitrogen and oxygen atoms in total. The SMILES string of the molecule is C[C@@H]1CCN(C(=O)OC(C)(C)C)[C@@H]1c1cc(-c2ccc(C#Cc3ccc4[nH]c([C@@H]5CCCN5C(=O)OC(C)(C)C)nc4c3)cc2)n[nH]1. The molecule has 0 radical (unpaired) electrons. The van der Waals surface area contributed by atoms with Gasteiger partial charge in [-0.05, 0) is 103 Å². The van der Waals surface area contributed by atoms with Gasteiger partial charge in [0.15, 0.2) is 0 Å². The van der Waals surface area contributed by atoms with Gasteiger partial charge in [-0.25, -0.2) is 14.6 Å². The number of H-pyrrole nitrogens is 2. The van der Waals surface area contributed by atoms with Crippen LogP contribution in [0.25, 0.3) is 22.3 Å². The minimum absolute atomic E-state index is 0.110. The van der Waals surface area contributed by atoms with E-state index >= 15 is 0 Å². The first kappa shape index (κ1) is 32.2. The van der Waals surface area contributed by atoms with E-state index in [-0.39, 0.29) is 30.2 Å². The van der Waals surface area contributed by atoms with Crippen molar-refractivity contribution in [3.05, 3.63) is 71.2 Å². The highest BCUT2D eigenvalue weighted by molar-refractivity contribution is 5.77. The number of carbonyl (C=O) groups is 2. The fraction of sp³-hybridized carbons (Fsp3) is 0.459. The molecular formula is C37H44N6O4. The van der Waals surface area contributed by atoms with Crippen molar-refractivity contribution in [2.24, 2.45) is 5.92 Å². The molecule has 2 aliphatic heterocycles. The summed E-state index contributed by atoms with van der Waals surface area (Å²) in [6.45, 7) is 14.8. The quantitative estimate of drug-likeness (QED) is 0.222. The van der Waals surface area contributed by atoms with E-state index in [0.29, 0.717) is 13.1 Å². The largest absolute Gasteiger partial charge is 0.444 e. The molecular weight excluding hydrogens is 592 g/mol. The maximum Gasteiger partial charge on any atom is 0.410 e. The van der Waals surface area contributed by atoms with Gasteiger partial charge in [0.05, 0.1) is 34.5 Å². The number of ether oxygens (including phenoxy) is 2. The van der Waals surface area contributed by atoms with E-state index in [1.165, 1.54) is 0 Å². The second kappa shape index (κ2) is 12.4. The highest BCUT2D eigenvalue weighted by Crippen LogP contribution is 2.38. The summed E-state index contributed by atoms with van der Waals surface area (Å²) in [5.41, 5.74) is 5.05. The minimum atomic E-state index is -0.547. The van der Waals surface area contributed by atoms with Crippen LogP contribution >= 0.6 is 0 Å². The number of nitrogens with zero attached hydrogens (tertiary/aromatic N) is 4. The van der Waals surface area contributed by atoms with Gasteiger partial charge < -0.3 is 14.5 Å². The van der Waals surface area contributed by atoms with E-state index in [1.54, 1.807) is 9.80 Å². The van der Waals surface area contributed by atoms with Gasteiger partial charge in [-0.1, -0.05) is 30.9 Å². The molecule has 0 aliphatic carbocycles. The van der Waals surface area contributed by atoms with Gasteiger partial charge in [-0.3, -0.25) is 14.9 Å². The van der Waals surface area contributed by atoms with Crippen LogP contribution in [-0.2, 0) is 9.47 Å². The number of rotatable bonds is 3. The Morgan fingerprint density at radius 3 is 2.21 bits per heavy atom. The fourth-order valence-electron chi connectivity index (χ4n) is 6.30. The third kappa shape index (κ3) is 7.30. The molecule has 2 aromatic heterocycles. The van der Waals surface area contributed by atoms with E-state index in [0.717, 1.165) is 64.2 Å². The number of nitrogens with one attached hydrogen (secondary N) is 2. The van der Waals surface area contributed by atoms with Gasteiger partial charge in [0.25, 0.3) is 0 Å². The number of hydrogen-bond acceptors (Lipinski definition) is 6. The molecule has 0 saturated carbocycles. The molecule has 2 amide bonds. The number of hydrogen-bond donors (Lipinski definition) is 2. The first-order valence-corrected chi connectivity index (χ1v) is 16.4. The zero-order valence-corrected chi connectivity index (χ0v) is 28.3. The average Bonchev–Trinajstić information content (AvgIpc) is 3.79. The summed E-state index contributed by atoms with van der Waals surface area (Å²) in [4.78, 5) is 37.5. The molecule has 0 bridgehead atoms. The van der Waals surface area contributed by atoms with Crippen molar-refractivity contribution >= 4 is 23.2 Å². The molecule has 0 unspecified atom stereocenters. The highest BCUT2D eigenvalue weighted by Gasteiger charge is 2.39. The summed E-state index contributed by atoms with van der Waals surface area (Å²) in [5, 5.41) is 7.74. The van der Waals surface area contributed by atoms with Gasteiger partial charge >= 0.3 is 12.2 Å². The molecule has 246 valence electrons. The third-order valence-electron chi connectivity index (χ3n) is 8.47. The van der Waals surface area contributed by atoms with Crippen molar-refractivity contribution in [3.8, 4) is 23.1 Å². The normalized spacial score (nSPS) is 19.9. The smallest absolute Gasteiger partial charge is 0.410 e. The summed E-state index contributed by atoms with van der Waals surface area (Å²) in [7, 11) is 0. The number of imidazole rings is 1. The van der Waals surface area contributed by atoms with Gasteiger partial charge in [-0.15, -0.1) is 0 Å². The number of aromatic nitrogens is 4. The second-order valence-corrected chi connectivity index (χ2v) is 14.6. The Bertz CT molecular complexity index is 1830. The van der Waals surface area contributed by atoms with Crippen LogP contribution in [0.1, 0.15) is 102 Å². The first-order chi connectivity index (χ1) is 22.2. The maximum absolute atomic E-state index is 12.9. The molecule has 2 aromatic carbocycles. The predicted octanol–water partition coefficient (Wildman–Crippen LogP) is 7.74. The van der Waals surface area contributed by atoms with Gasteiger partial charge in [-0.2, -0.15) is 5.10 Å². The highest BCUT2D eigenvalue weighted by atomic mass is 16.6. The molecule has 2 aliphatic rings. The Morgan fingerprint density at radius 1 is 0.851 bits per heavy atom. The number of amides is 2. The zero-order valence-electron chi connectivity index (χ0n) is 28.3. The second-order valence-electron chi connectivity index (χ2n) is 14.6. The van der Waals surface area contributed by atoms with Gasteiger partial charge in [0, 0.05) is 29.8 Å². The van der Waals surface area contributed by atoms with Crippen LogP contribution in [-0.4, -0.2) is 66.4 Å². The van der Waals surface area contributed by atoms with E-state index in [2.05, 4.69) is 33.9 Å². The molecule has 4 heterocycles. The molecule has 3 atom stereocenters. The van der Waals surface area contributed by atoms with Crippen molar-refractivity contribution in [3.63, 3.8) is 0 Å². The molecule has 2 saturated heterocycles. The minimum Gasteiger partial charge on any atom is -0.444 e. The summed E-state index contributed by atoms with van der Waals surface area (Å²) in [5.74, 6) is 7.58. The van der Waals surface area contributed by atoms with Crippen molar-refractivity contribution in [2.45, 2.75) is 91.0 Å². The van der Waals surface area contributed by atoms with E-state index in [1.807, 2.05) is 90.1 Å². The van der Waals surface area contributed by atoms with Crippen molar-refractivity contribution in [1.29, 1.82) is 0 Å². The lowest BCUT2D eigenvalue weighted by Crippen LogP contribution is -2.37. The Morgan fingerprint density at radius 2 is 1.51 bits per heavy atom. The molecule has 2 N–H and O–H groups in total. The Balaban J connectivity index is 1.14. The molecule has 47 heavy (non-hydrogen) atoms. The van der Waals surface area contributed by atoms with Crippen LogP contribution in [0.3, 0.4) is 0 Å². The number of carbonyl (C=O) groups excluding carboxylic acids is 2. The molecule has 6 rings (SSSR count). The zero-order chi connectivity index (χ0) is 33.5. The summed E-state index contributed by atoms with van der Waals surface area (Å²) in [6.07, 6.45) is 2.05. The van der Waals surface area contributed by atoms with Crippen molar-refractivity contribution in [2.75, 3.05) is 13.1 Å². The van der Waals surface area contributed by atoms with E-state index in [4.69, 9.17) is 14.5 Å². The van der Waals surface area contributed by atoms with Crippen LogP contribution in [0.2, 0.25) is 0 Å². The van der Waals surface area contributed by atoms with Crippen LogP contribution < -0.4 is 0 Å². The Labute approximate surface area is 276 Å². The molecule has 2 fully saturated rings. The molecule has 0 spiro atoms. The Kier molecular flexibility index (Phi) is 8.51. The van der Waals surface area contributed by atoms with Crippen LogP contribution in [0, 0.1) is 17.8 Å². The lowest BCUT2D eigenvalue weighted by molar-refractivity contribution is 0.0199. The van der Waals surface area contributed by atoms with Crippen molar-refractivity contribution in [1.82, 2.24) is 30.0 Å². The predicted molar refractivity (Wildman–Crippen MR) is 180 cm³/mol. The lowest BCUT2D eigenvalue weighted by Gasteiger charge is -2.29.